The van der Waals surface area contributed by atoms with E-state index in [9.17, 15) is 9.59 Å². The average molecular weight is 426 g/mol. The highest BCUT2D eigenvalue weighted by Crippen LogP contribution is 2.26. The first-order valence-corrected chi connectivity index (χ1v) is 10.7. The van der Waals surface area contributed by atoms with Gasteiger partial charge in [-0.3, -0.25) is 9.59 Å². The molecule has 156 valence electrons. The smallest absolute Gasteiger partial charge is 0.287 e. The van der Waals surface area contributed by atoms with E-state index in [4.69, 9.17) is 9.15 Å². The lowest BCUT2D eigenvalue weighted by Gasteiger charge is -2.31. The van der Waals surface area contributed by atoms with Gasteiger partial charge in [0.2, 0.25) is 0 Å². The molecule has 3 heterocycles. The first-order valence-electron chi connectivity index (χ1n) is 9.79. The van der Waals surface area contributed by atoms with Crippen LogP contribution in [0, 0.1) is 6.92 Å². The van der Waals surface area contributed by atoms with Crippen molar-refractivity contribution >= 4 is 23.2 Å². The Kier molecular flexibility index (Phi) is 5.85. The van der Waals surface area contributed by atoms with Crippen LogP contribution in [-0.2, 0) is 0 Å². The number of benzene rings is 1. The number of likely N-dealkylation sites (tertiary alicyclic amines) is 1. The standard InChI is InChI=1S/C22H23N3O4S/c1-14-9-12-29-19(14)20(26)23-16-7-10-25(11-8-16)22(27)18-13-30-21(24-18)15-3-5-17(28-2)6-4-15/h3-6,9,12-13,16H,7-8,10-11H2,1-2H3,(H,23,26). The van der Waals surface area contributed by atoms with Crippen LogP contribution >= 0.6 is 11.3 Å². The number of nitrogens with zero attached hydrogens (tertiary/aromatic N) is 2. The van der Waals surface area contributed by atoms with E-state index in [1.54, 1.807) is 23.5 Å². The molecule has 1 aliphatic rings. The van der Waals surface area contributed by atoms with Crippen molar-refractivity contribution in [3.05, 3.63) is 59.0 Å². The first-order chi connectivity index (χ1) is 14.5. The molecule has 30 heavy (non-hydrogen) atoms. The van der Waals surface area contributed by atoms with Gasteiger partial charge in [0.05, 0.1) is 13.4 Å². The number of methoxy groups -OCH3 is 1. The lowest BCUT2D eigenvalue weighted by molar-refractivity contribution is 0.0691. The molecule has 8 heteroatoms. The minimum Gasteiger partial charge on any atom is -0.497 e. The zero-order chi connectivity index (χ0) is 21.1. The minimum atomic E-state index is -0.203. The summed E-state index contributed by atoms with van der Waals surface area (Å²) in [7, 11) is 1.63. The van der Waals surface area contributed by atoms with Crippen LogP contribution in [0.15, 0.2) is 46.4 Å². The van der Waals surface area contributed by atoms with Crippen molar-refractivity contribution in [2.24, 2.45) is 0 Å². The van der Waals surface area contributed by atoms with Gasteiger partial charge >= 0.3 is 0 Å². The number of aryl methyl sites for hydroxylation is 1. The fraction of sp³-hybridized carbons (Fsp3) is 0.318. The molecule has 1 aliphatic heterocycles. The normalized spacial score (nSPS) is 14.5. The van der Waals surface area contributed by atoms with Crippen LogP contribution in [0.3, 0.4) is 0 Å². The van der Waals surface area contributed by atoms with Crippen molar-refractivity contribution in [1.82, 2.24) is 15.2 Å². The molecule has 4 rings (SSSR count). The van der Waals surface area contributed by atoms with E-state index in [2.05, 4.69) is 10.3 Å². The Labute approximate surface area is 178 Å². The van der Waals surface area contributed by atoms with Gasteiger partial charge in [0.1, 0.15) is 16.5 Å². The van der Waals surface area contributed by atoms with Crippen molar-refractivity contribution in [2.45, 2.75) is 25.8 Å². The number of carbonyl (C=O) groups excluding carboxylic acids is 2. The molecule has 3 aromatic rings. The molecule has 0 bridgehead atoms. The van der Waals surface area contributed by atoms with Crippen LogP contribution in [0.4, 0.5) is 0 Å². The summed E-state index contributed by atoms with van der Waals surface area (Å²) in [5.41, 5.74) is 2.23. The van der Waals surface area contributed by atoms with E-state index in [0.717, 1.165) is 21.9 Å². The van der Waals surface area contributed by atoms with E-state index >= 15 is 0 Å². The third-order valence-electron chi connectivity index (χ3n) is 5.25. The topological polar surface area (TPSA) is 84.7 Å². The number of hydrogen-bond donors (Lipinski definition) is 1. The minimum absolute atomic E-state index is 0.0244. The molecule has 7 nitrogen and oxygen atoms in total. The van der Waals surface area contributed by atoms with Crippen LogP contribution in [0.2, 0.25) is 0 Å². The highest BCUT2D eigenvalue weighted by atomic mass is 32.1. The second-order valence-corrected chi connectivity index (χ2v) is 8.10. The number of carbonyl (C=O) groups is 2. The fourth-order valence-electron chi connectivity index (χ4n) is 3.48. The van der Waals surface area contributed by atoms with Crippen molar-refractivity contribution in [2.75, 3.05) is 20.2 Å². The molecule has 1 aromatic carbocycles. The van der Waals surface area contributed by atoms with Gasteiger partial charge in [0, 0.05) is 35.6 Å². The summed E-state index contributed by atoms with van der Waals surface area (Å²) in [6.45, 7) is 3.00. The molecular weight excluding hydrogens is 402 g/mol. The van der Waals surface area contributed by atoms with Gasteiger partial charge in [-0.25, -0.2) is 4.98 Å². The summed E-state index contributed by atoms with van der Waals surface area (Å²) in [4.78, 5) is 31.5. The Morgan fingerprint density at radius 3 is 2.57 bits per heavy atom. The molecule has 0 aliphatic carbocycles. The molecular formula is C22H23N3O4S. The van der Waals surface area contributed by atoms with Gasteiger partial charge in [-0.1, -0.05) is 0 Å². The van der Waals surface area contributed by atoms with Crippen molar-refractivity contribution in [3.63, 3.8) is 0 Å². The number of hydrogen-bond acceptors (Lipinski definition) is 6. The molecule has 1 saturated heterocycles. The van der Waals surface area contributed by atoms with E-state index in [-0.39, 0.29) is 17.9 Å². The molecule has 1 N–H and O–H groups in total. The van der Waals surface area contributed by atoms with E-state index in [1.807, 2.05) is 31.2 Å². The Balaban J connectivity index is 1.33. The number of amides is 2. The van der Waals surface area contributed by atoms with Crippen LogP contribution < -0.4 is 10.1 Å². The highest BCUT2D eigenvalue weighted by Gasteiger charge is 2.27. The Hall–Kier alpha value is -3.13. The predicted molar refractivity (Wildman–Crippen MR) is 114 cm³/mol. The maximum absolute atomic E-state index is 12.9. The summed E-state index contributed by atoms with van der Waals surface area (Å²) in [5, 5.41) is 5.61. The van der Waals surface area contributed by atoms with Crippen molar-refractivity contribution in [3.8, 4) is 16.3 Å². The number of ether oxygens (including phenoxy) is 1. The fourth-order valence-corrected chi connectivity index (χ4v) is 4.28. The Morgan fingerprint density at radius 2 is 1.93 bits per heavy atom. The van der Waals surface area contributed by atoms with Crippen LogP contribution in [-0.4, -0.2) is 47.9 Å². The van der Waals surface area contributed by atoms with E-state index in [0.29, 0.717) is 37.4 Å². The Bertz CT molecular complexity index is 1030. The molecule has 0 saturated carbocycles. The summed E-state index contributed by atoms with van der Waals surface area (Å²) in [6, 6.07) is 9.41. The number of furan rings is 1. The van der Waals surface area contributed by atoms with Crippen LogP contribution in [0.25, 0.3) is 10.6 Å². The summed E-state index contributed by atoms with van der Waals surface area (Å²) < 4.78 is 10.4. The largest absolute Gasteiger partial charge is 0.497 e. The maximum Gasteiger partial charge on any atom is 0.287 e. The molecule has 2 amide bonds. The van der Waals surface area contributed by atoms with Gasteiger partial charge in [0.25, 0.3) is 11.8 Å². The SMILES string of the molecule is COc1ccc(-c2nc(C(=O)N3CCC(NC(=O)c4occc4C)CC3)cs2)cc1. The third kappa shape index (κ3) is 4.23. The van der Waals surface area contributed by atoms with Gasteiger partial charge in [0.15, 0.2) is 5.76 Å². The van der Waals surface area contributed by atoms with Crippen LogP contribution in [0.1, 0.15) is 39.4 Å². The van der Waals surface area contributed by atoms with E-state index < -0.39 is 0 Å². The Morgan fingerprint density at radius 1 is 1.20 bits per heavy atom. The number of aromatic nitrogens is 1. The lowest BCUT2D eigenvalue weighted by atomic mass is 10.0. The lowest BCUT2D eigenvalue weighted by Crippen LogP contribution is -2.46. The second kappa shape index (κ2) is 8.71. The van der Waals surface area contributed by atoms with Gasteiger partial charge in [-0.15, -0.1) is 11.3 Å². The molecule has 0 radical (unpaired) electrons. The second-order valence-electron chi connectivity index (χ2n) is 7.24. The summed E-state index contributed by atoms with van der Waals surface area (Å²) in [5.74, 6) is 0.856. The van der Waals surface area contributed by atoms with Crippen molar-refractivity contribution in [1.29, 1.82) is 0 Å². The highest BCUT2D eigenvalue weighted by molar-refractivity contribution is 7.13. The predicted octanol–water partition coefficient (Wildman–Crippen LogP) is 3.75. The first kappa shape index (κ1) is 20.2. The third-order valence-corrected chi connectivity index (χ3v) is 6.14. The number of rotatable bonds is 5. The molecule has 0 spiro atoms. The number of piperidine rings is 1. The zero-order valence-corrected chi connectivity index (χ0v) is 17.7. The number of nitrogens with one attached hydrogen (secondary N) is 1. The average Bonchev–Trinajstić information content (AvgIpc) is 3.43. The van der Waals surface area contributed by atoms with E-state index in [1.165, 1.54) is 17.6 Å². The number of thiazole rings is 1. The van der Waals surface area contributed by atoms with Gasteiger partial charge in [-0.05, 0) is 50.1 Å². The quantitative estimate of drug-likeness (QED) is 0.673. The molecule has 2 aromatic heterocycles. The summed E-state index contributed by atoms with van der Waals surface area (Å²) >= 11 is 1.45. The maximum atomic E-state index is 12.9. The molecule has 0 atom stereocenters. The van der Waals surface area contributed by atoms with Gasteiger partial charge < -0.3 is 19.4 Å². The molecule has 1 fully saturated rings. The van der Waals surface area contributed by atoms with Crippen molar-refractivity contribution < 1.29 is 18.7 Å². The van der Waals surface area contributed by atoms with Crippen LogP contribution in [0.5, 0.6) is 5.75 Å². The summed E-state index contributed by atoms with van der Waals surface area (Å²) in [6.07, 6.45) is 2.92. The van der Waals surface area contributed by atoms with Gasteiger partial charge in [-0.2, -0.15) is 0 Å². The molecule has 0 unspecified atom stereocenters. The zero-order valence-electron chi connectivity index (χ0n) is 16.9. The monoisotopic (exact) mass is 425 g/mol.